The van der Waals surface area contributed by atoms with Gasteiger partial charge < -0.3 is 9.84 Å². The highest BCUT2D eigenvalue weighted by molar-refractivity contribution is 6.05. The van der Waals surface area contributed by atoms with E-state index >= 15 is 0 Å². The summed E-state index contributed by atoms with van der Waals surface area (Å²) in [6.07, 6.45) is 2.22. The van der Waals surface area contributed by atoms with Crippen molar-refractivity contribution < 1.29 is 19.4 Å². The monoisotopic (exact) mass is 457 g/mol. The minimum Gasteiger partial charge on any atom is -0.457 e. The maximum atomic E-state index is 13.6. The molecule has 1 N–H and O–H groups in total. The number of ketones is 2. The molecule has 0 fully saturated rings. The number of hydrogen-bond acceptors (Lipinski definition) is 5. The Kier molecular flexibility index (Phi) is 7.50. The van der Waals surface area contributed by atoms with Crippen LogP contribution in [0.3, 0.4) is 0 Å². The molecule has 0 saturated carbocycles. The van der Waals surface area contributed by atoms with Gasteiger partial charge in [-0.15, -0.1) is 6.58 Å². The highest BCUT2D eigenvalue weighted by atomic mass is 16.5. The summed E-state index contributed by atoms with van der Waals surface area (Å²) >= 11 is 0. The quantitative estimate of drug-likeness (QED) is 0.329. The lowest BCUT2D eigenvalue weighted by molar-refractivity contribution is 0.0488. The number of nitrogens with zero attached hydrogens (tertiary/aromatic N) is 1. The predicted molar refractivity (Wildman–Crippen MR) is 135 cm³/mol. The topological polar surface area (TPSA) is 66.8 Å². The zero-order valence-electron chi connectivity index (χ0n) is 20.1. The summed E-state index contributed by atoms with van der Waals surface area (Å²) in [6.45, 7) is 6.89. The smallest absolute Gasteiger partial charge is 0.193 e. The third kappa shape index (κ3) is 5.50. The summed E-state index contributed by atoms with van der Waals surface area (Å²) in [7, 11) is 3.76. The van der Waals surface area contributed by atoms with Crippen molar-refractivity contribution >= 4 is 11.6 Å². The minimum absolute atomic E-state index is 0.0441. The molecule has 0 radical (unpaired) electrons. The maximum absolute atomic E-state index is 13.6. The van der Waals surface area contributed by atoms with Gasteiger partial charge in [-0.05, 0) is 82.0 Å². The van der Waals surface area contributed by atoms with Crippen LogP contribution in [-0.2, 0) is 6.42 Å². The van der Waals surface area contributed by atoms with E-state index in [9.17, 15) is 14.7 Å². The van der Waals surface area contributed by atoms with E-state index in [-0.39, 0.29) is 11.6 Å². The number of benzene rings is 3. The third-order valence-corrected chi connectivity index (χ3v) is 5.87. The van der Waals surface area contributed by atoms with Crippen molar-refractivity contribution in [3.05, 3.63) is 108 Å². The van der Waals surface area contributed by atoms with Gasteiger partial charge in [-0.3, -0.25) is 14.5 Å². The third-order valence-electron chi connectivity index (χ3n) is 5.87. The Morgan fingerprint density at radius 1 is 0.853 bits per heavy atom. The molecule has 3 aromatic rings. The van der Waals surface area contributed by atoms with Crippen LogP contribution in [0, 0.1) is 0 Å². The highest BCUT2D eigenvalue weighted by Crippen LogP contribution is 2.28. The Bertz CT molecular complexity index is 1140. The van der Waals surface area contributed by atoms with Crippen LogP contribution in [0.5, 0.6) is 11.5 Å². The van der Waals surface area contributed by atoms with Gasteiger partial charge in [0.05, 0.1) is 0 Å². The number of ether oxygens (including phenoxy) is 1. The zero-order chi connectivity index (χ0) is 24.9. The van der Waals surface area contributed by atoms with E-state index in [2.05, 4.69) is 6.58 Å². The van der Waals surface area contributed by atoms with Gasteiger partial charge in [0.15, 0.2) is 11.6 Å². The second-order valence-electron chi connectivity index (χ2n) is 9.05. The van der Waals surface area contributed by atoms with Crippen molar-refractivity contribution in [1.82, 2.24) is 4.90 Å². The predicted octanol–water partition coefficient (Wildman–Crippen LogP) is 5.34. The molecule has 0 aromatic heterocycles. The van der Waals surface area contributed by atoms with E-state index in [1.54, 1.807) is 54.6 Å². The van der Waals surface area contributed by atoms with E-state index in [1.165, 1.54) is 13.8 Å². The fourth-order valence-corrected chi connectivity index (χ4v) is 3.78. The van der Waals surface area contributed by atoms with Gasteiger partial charge in [0.2, 0.25) is 0 Å². The summed E-state index contributed by atoms with van der Waals surface area (Å²) in [5, 5.41) is 9.89. The number of hydrogen-bond donors (Lipinski definition) is 1. The van der Waals surface area contributed by atoms with Crippen LogP contribution >= 0.6 is 0 Å². The molecule has 0 bridgehead atoms. The van der Waals surface area contributed by atoms with Gasteiger partial charge in [0, 0.05) is 17.5 Å². The number of carbonyl (C=O) groups excluding carboxylic acids is 2. The Labute approximate surface area is 201 Å². The van der Waals surface area contributed by atoms with Crippen LogP contribution in [0.1, 0.15) is 40.1 Å². The largest absolute Gasteiger partial charge is 0.457 e. The molecule has 0 spiro atoms. The van der Waals surface area contributed by atoms with E-state index in [1.807, 2.05) is 49.3 Å². The SMILES string of the molecule is C=CC(Cc1ccccc1)(C(=O)c1ccc(Oc2ccc(C(=O)C(C)(C)O)cc2)cc1)N(C)C. The van der Waals surface area contributed by atoms with Crippen molar-refractivity contribution in [2.45, 2.75) is 31.4 Å². The summed E-state index contributed by atoms with van der Waals surface area (Å²) < 4.78 is 5.87. The maximum Gasteiger partial charge on any atom is 0.193 e. The average Bonchev–Trinajstić information content (AvgIpc) is 2.82. The zero-order valence-corrected chi connectivity index (χ0v) is 20.1. The molecule has 1 unspecified atom stereocenters. The molecule has 0 aliphatic heterocycles. The van der Waals surface area contributed by atoms with E-state index < -0.39 is 11.1 Å². The number of aliphatic hydroxyl groups is 1. The molecule has 0 amide bonds. The first-order chi connectivity index (χ1) is 16.1. The molecule has 1 atom stereocenters. The molecule has 0 aliphatic carbocycles. The molecule has 34 heavy (non-hydrogen) atoms. The summed E-state index contributed by atoms with van der Waals surface area (Å²) in [6, 6.07) is 23.5. The van der Waals surface area contributed by atoms with Crippen molar-refractivity contribution in [1.29, 1.82) is 0 Å². The van der Waals surface area contributed by atoms with E-state index in [0.29, 0.717) is 29.0 Å². The molecule has 0 aliphatic rings. The van der Waals surface area contributed by atoms with Crippen LogP contribution in [0.25, 0.3) is 0 Å². The van der Waals surface area contributed by atoms with E-state index in [4.69, 9.17) is 4.74 Å². The Balaban J connectivity index is 1.78. The minimum atomic E-state index is -1.43. The molecule has 3 aromatic carbocycles. The van der Waals surface area contributed by atoms with Crippen LogP contribution in [0.2, 0.25) is 0 Å². The first kappa shape index (κ1) is 25.1. The summed E-state index contributed by atoms with van der Waals surface area (Å²) in [5.74, 6) is 0.709. The standard InChI is InChI=1S/C29H31NO4/c1-6-29(30(4)5,20-21-10-8-7-9-11-21)27(32)23-14-18-25(19-15-23)34-24-16-12-22(13-17-24)26(31)28(2,3)33/h6-19,33H,1,20H2,2-5H3. The molecule has 5 nitrogen and oxygen atoms in total. The number of Topliss-reactive ketones (excluding diaryl/α,β-unsaturated/α-hetero) is 2. The second-order valence-corrected chi connectivity index (χ2v) is 9.05. The van der Waals surface area contributed by atoms with Crippen LogP contribution in [0.15, 0.2) is 91.5 Å². The molecule has 5 heteroatoms. The van der Waals surface area contributed by atoms with Gasteiger partial charge in [-0.1, -0.05) is 36.4 Å². The fraction of sp³-hybridized carbons (Fsp3) is 0.241. The normalized spacial score (nSPS) is 13.2. The lowest BCUT2D eigenvalue weighted by atomic mass is 9.82. The highest BCUT2D eigenvalue weighted by Gasteiger charge is 2.38. The van der Waals surface area contributed by atoms with Gasteiger partial charge in [-0.25, -0.2) is 0 Å². The van der Waals surface area contributed by atoms with E-state index in [0.717, 1.165) is 5.56 Å². The van der Waals surface area contributed by atoms with Crippen molar-refractivity contribution in [2.75, 3.05) is 14.1 Å². The van der Waals surface area contributed by atoms with Gasteiger partial charge in [0.1, 0.15) is 22.6 Å². The first-order valence-corrected chi connectivity index (χ1v) is 11.1. The number of carbonyl (C=O) groups is 2. The second kappa shape index (κ2) is 10.2. The Morgan fingerprint density at radius 2 is 1.32 bits per heavy atom. The lowest BCUT2D eigenvalue weighted by Gasteiger charge is -2.36. The number of rotatable bonds is 10. The van der Waals surface area contributed by atoms with Crippen LogP contribution in [-0.4, -0.2) is 46.8 Å². The van der Waals surface area contributed by atoms with Crippen LogP contribution in [0.4, 0.5) is 0 Å². The van der Waals surface area contributed by atoms with Gasteiger partial charge in [-0.2, -0.15) is 0 Å². The fourth-order valence-electron chi connectivity index (χ4n) is 3.78. The van der Waals surface area contributed by atoms with Gasteiger partial charge >= 0.3 is 0 Å². The number of likely N-dealkylation sites (N-methyl/N-ethyl adjacent to an activating group) is 1. The van der Waals surface area contributed by atoms with Crippen molar-refractivity contribution in [3.63, 3.8) is 0 Å². The molecule has 176 valence electrons. The molecular formula is C29H31NO4. The van der Waals surface area contributed by atoms with Crippen molar-refractivity contribution in [2.24, 2.45) is 0 Å². The molecule has 3 rings (SSSR count). The Morgan fingerprint density at radius 3 is 1.74 bits per heavy atom. The Hall–Kier alpha value is -3.54. The lowest BCUT2D eigenvalue weighted by Crippen LogP contribution is -2.51. The average molecular weight is 458 g/mol. The molecular weight excluding hydrogens is 426 g/mol. The van der Waals surface area contributed by atoms with Crippen LogP contribution < -0.4 is 4.74 Å². The summed E-state index contributed by atoms with van der Waals surface area (Å²) in [4.78, 5) is 27.7. The summed E-state index contributed by atoms with van der Waals surface area (Å²) in [5.41, 5.74) is -0.298. The first-order valence-electron chi connectivity index (χ1n) is 11.1. The molecule has 0 heterocycles. The van der Waals surface area contributed by atoms with Gasteiger partial charge in [0.25, 0.3) is 0 Å². The van der Waals surface area contributed by atoms with Crippen molar-refractivity contribution in [3.8, 4) is 11.5 Å². The molecule has 0 saturated heterocycles.